The van der Waals surface area contributed by atoms with E-state index < -0.39 is 0 Å². The molecule has 1 atom stereocenters. The van der Waals surface area contributed by atoms with Crippen LogP contribution in [0, 0.1) is 0 Å². The van der Waals surface area contributed by atoms with Crippen molar-refractivity contribution in [1.82, 2.24) is 9.88 Å². The van der Waals surface area contributed by atoms with Gasteiger partial charge in [0.1, 0.15) is 0 Å². The third-order valence-electron chi connectivity index (χ3n) is 3.92. The van der Waals surface area contributed by atoms with Crippen LogP contribution in [0.3, 0.4) is 0 Å². The molecule has 1 aromatic heterocycles. The number of nitrogen functional groups attached to an aromatic ring is 1. The second-order valence-electron chi connectivity index (χ2n) is 5.50. The van der Waals surface area contributed by atoms with Gasteiger partial charge in [0.2, 0.25) is 0 Å². The van der Waals surface area contributed by atoms with Crippen molar-refractivity contribution in [1.29, 1.82) is 0 Å². The molecule has 0 aliphatic heterocycles. The molecule has 0 aliphatic rings. The summed E-state index contributed by atoms with van der Waals surface area (Å²) in [5.41, 5.74) is 8.31. The Balaban J connectivity index is 2.00. The Kier molecular flexibility index (Phi) is 5.67. The van der Waals surface area contributed by atoms with E-state index in [0.29, 0.717) is 5.69 Å². The summed E-state index contributed by atoms with van der Waals surface area (Å²) < 4.78 is 0. The van der Waals surface area contributed by atoms with E-state index in [1.165, 1.54) is 5.56 Å². The number of pyridine rings is 1. The van der Waals surface area contributed by atoms with Crippen LogP contribution in [0.25, 0.3) is 0 Å². The number of rotatable bonds is 7. The highest BCUT2D eigenvalue weighted by molar-refractivity contribution is 6.00. The molecule has 2 N–H and O–H groups in total. The average Bonchev–Trinajstić information content (AvgIpc) is 2.55. The van der Waals surface area contributed by atoms with Crippen LogP contribution in [0.4, 0.5) is 5.69 Å². The van der Waals surface area contributed by atoms with E-state index in [0.717, 1.165) is 24.9 Å². The zero-order valence-corrected chi connectivity index (χ0v) is 13.2. The first-order valence-corrected chi connectivity index (χ1v) is 7.60. The summed E-state index contributed by atoms with van der Waals surface area (Å²) in [5.74, 6) is 0.153. The highest BCUT2D eigenvalue weighted by Crippen LogP contribution is 2.14. The van der Waals surface area contributed by atoms with Gasteiger partial charge in [-0.1, -0.05) is 6.92 Å². The molecule has 1 heterocycles. The van der Waals surface area contributed by atoms with Crippen molar-refractivity contribution >= 4 is 11.5 Å². The summed E-state index contributed by atoms with van der Waals surface area (Å²) in [6.45, 7) is 2.88. The molecule has 0 aliphatic carbocycles. The highest BCUT2D eigenvalue weighted by Gasteiger charge is 2.22. The van der Waals surface area contributed by atoms with Crippen molar-refractivity contribution in [3.63, 3.8) is 0 Å². The molecule has 4 heteroatoms. The standard InChI is InChI=1S/C18H23N3O/c1-3-17(18(22)15-4-6-16(19)7-5-15)21(2)13-10-14-8-11-20-12-9-14/h4-9,11-12,17H,3,10,13,19H2,1-2H3. The topological polar surface area (TPSA) is 59.2 Å². The number of nitrogens with zero attached hydrogens (tertiary/aromatic N) is 2. The molecule has 116 valence electrons. The van der Waals surface area contributed by atoms with Gasteiger partial charge in [0.15, 0.2) is 5.78 Å². The number of hydrogen-bond acceptors (Lipinski definition) is 4. The normalized spacial score (nSPS) is 12.3. The van der Waals surface area contributed by atoms with E-state index in [9.17, 15) is 4.79 Å². The molecule has 2 rings (SSSR count). The minimum absolute atomic E-state index is 0.106. The van der Waals surface area contributed by atoms with Gasteiger partial charge in [-0.05, 0) is 61.9 Å². The lowest BCUT2D eigenvalue weighted by Gasteiger charge is -2.26. The van der Waals surface area contributed by atoms with Crippen molar-refractivity contribution in [3.05, 3.63) is 59.9 Å². The van der Waals surface area contributed by atoms with Crippen molar-refractivity contribution < 1.29 is 4.79 Å². The first-order chi connectivity index (χ1) is 10.6. The fourth-order valence-corrected chi connectivity index (χ4v) is 2.55. The number of Topliss-reactive ketones (excluding diaryl/α,β-unsaturated/α-hetero) is 1. The quantitative estimate of drug-likeness (QED) is 0.630. The van der Waals surface area contributed by atoms with Crippen LogP contribution >= 0.6 is 0 Å². The van der Waals surface area contributed by atoms with Crippen LogP contribution in [-0.2, 0) is 6.42 Å². The minimum atomic E-state index is -0.106. The zero-order chi connectivity index (χ0) is 15.9. The molecule has 22 heavy (non-hydrogen) atoms. The Morgan fingerprint density at radius 1 is 1.18 bits per heavy atom. The number of likely N-dealkylation sites (N-methyl/N-ethyl adjacent to an activating group) is 1. The molecule has 0 bridgehead atoms. The molecule has 0 radical (unpaired) electrons. The molecule has 1 aromatic carbocycles. The molecule has 0 saturated heterocycles. The number of carbonyl (C=O) groups is 1. The van der Waals surface area contributed by atoms with Crippen LogP contribution in [0.15, 0.2) is 48.8 Å². The molecular weight excluding hydrogens is 274 g/mol. The molecule has 0 amide bonds. The molecule has 0 saturated carbocycles. The SMILES string of the molecule is CCC(C(=O)c1ccc(N)cc1)N(C)CCc1ccncc1. The van der Waals surface area contributed by atoms with Crippen LogP contribution in [0.2, 0.25) is 0 Å². The predicted molar refractivity (Wildman–Crippen MR) is 89.8 cm³/mol. The van der Waals surface area contributed by atoms with Gasteiger partial charge < -0.3 is 5.73 Å². The van der Waals surface area contributed by atoms with E-state index >= 15 is 0 Å². The fraction of sp³-hybridized carbons (Fsp3) is 0.333. The molecule has 1 unspecified atom stereocenters. The fourth-order valence-electron chi connectivity index (χ4n) is 2.55. The lowest BCUT2D eigenvalue weighted by atomic mass is 10.0. The van der Waals surface area contributed by atoms with Gasteiger partial charge in [-0.15, -0.1) is 0 Å². The van der Waals surface area contributed by atoms with Crippen LogP contribution in [0.5, 0.6) is 0 Å². The van der Waals surface area contributed by atoms with Crippen molar-refractivity contribution in [2.24, 2.45) is 0 Å². The summed E-state index contributed by atoms with van der Waals surface area (Å²) in [5, 5.41) is 0. The molecule has 0 fully saturated rings. The van der Waals surface area contributed by atoms with Gasteiger partial charge in [-0.2, -0.15) is 0 Å². The largest absolute Gasteiger partial charge is 0.399 e. The van der Waals surface area contributed by atoms with Gasteiger partial charge in [-0.3, -0.25) is 14.7 Å². The number of hydrogen-bond donors (Lipinski definition) is 1. The number of benzene rings is 1. The van der Waals surface area contributed by atoms with Crippen molar-refractivity contribution in [2.45, 2.75) is 25.8 Å². The van der Waals surface area contributed by atoms with E-state index in [4.69, 9.17) is 5.73 Å². The van der Waals surface area contributed by atoms with Gasteiger partial charge in [0.05, 0.1) is 6.04 Å². The molecule has 4 nitrogen and oxygen atoms in total. The second kappa shape index (κ2) is 7.71. The van der Waals surface area contributed by atoms with Gasteiger partial charge in [0.25, 0.3) is 0 Å². The lowest BCUT2D eigenvalue weighted by molar-refractivity contribution is 0.0847. The Bertz CT molecular complexity index is 595. The second-order valence-corrected chi connectivity index (χ2v) is 5.50. The number of ketones is 1. The third kappa shape index (κ3) is 4.15. The summed E-state index contributed by atoms with van der Waals surface area (Å²) in [4.78, 5) is 18.8. The Morgan fingerprint density at radius 3 is 2.41 bits per heavy atom. The monoisotopic (exact) mass is 297 g/mol. The summed E-state index contributed by atoms with van der Waals surface area (Å²) in [6.07, 6.45) is 5.29. The number of anilines is 1. The van der Waals surface area contributed by atoms with Gasteiger partial charge >= 0.3 is 0 Å². The average molecular weight is 297 g/mol. The predicted octanol–water partition coefficient (Wildman–Crippen LogP) is 2.80. The van der Waals surface area contributed by atoms with Gasteiger partial charge in [0, 0.05) is 30.2 Å². The van der Waals surface area contributed by atoms with E-state index in [1.54, 1.807) is 36.7 Å². The highest BCUT2D eigenvalue weighted by atomic mass is 16.1. The van der Waals surface area contributed by atoms with Crippen molar-refractivity contribution in [2.75, 3.05) is 19.3 Å². The van der Waals surface area contributed by atoms with Crippen molar-refractivity contribution in [3.8, 4) is 0 Å². The lowest BCUT2D eigenvalue weighted by Crippen LogP contribution is -2.39. The van der Waals surface area contributed by atoms with E-state index in [2.05, 4.69) is 9.88 Å². The van der Waals surface area contributed by atoms with Gasteiger partial charge in [-0.25, -0.2) is 0 Å². The van der Waals surface area contributed by atoms with E-state index in [-0.39, 0.29) is 11.8 Å². The number of nitrogens with two attached hydrogens (primary N) is 1. The van der Waals surface area contributed by atoms with Crippen LogP contribution in [0.1, 0.15) is 29.3 Å². The minimum Gasteiger partial charge on any atom is -0.399 e. The Hall–Kier alpha value is -2.20. The summed E-state index contributed by atoms with van der Waals surface area (Å²) in [6, 6.07) is 11.1. The zero-order valence-electron chi connectivity index (χ0n) is 13.2. The molecule has 0 spiro atoms. The maximum absolute atomic E-state index is 12.6. The Labute approximate surface area is 132 Å². The molecule has 2 aromatic rings. The maximum atomic E-state index is 12.6. The van der Waals surface area contributed by atoms with Crippen LogP contribution in [-0.4, -0.2) is 35.3 Å². The van der Waals surface area contributed by atoms with Crippen LogP contribution < -0.4 is 5.73 Å². The first-order valence-electron chi connectivity index (χ1n) is 7.60. The summed E-state index contributed by atoms with van der Waals surface area (Å²) >= 11 is 0. The number of carbonyl (C=O) groups excluding carboxylic acids is 1. The Morgan fingerprint density at radius 2 is 1.82 bits per heavy atom. The number of aromatic nitrogens is 1. The first kappa shape index (κ1) is 16.2. The third-order valence-corrected chi connectivity index (χ3v) is 3.92. The maximum Gasteiger partial charge on any atom is 0.179 e. The van der Waals surface area contributed by atoms with E-state index in [1.807, 2.05) is 26.1 Å². The smallest absolute Gasteiger partial charge is 0.179 e. The molecular formula is C18H23N3O. The summed E-state index contributed by atoms with van der Waals surface area (Å²) in [7, 11) is 2.00.